The van der Waals surface area contributed by atoms with Crippen molar-refractivity contribution >= 4 is 37.6 Å². The summed E-state index contributed by atoms with van der Waals surface area (Å²) in [6.07, 6.45) is 1.48. The largest absolute Gasteiger partial charge is 0.298 e. The molecule has 8 heteroatoms. The summed E-state index contributed by atoms with van der Waals surface area (Å²) in [5.41, 5.74) is 0. The van der Waals surface area contributed by atoms with E-state index < -0.39 is 10.0 Å². The second-order valence-corrected chi connectivity index (χ2v) is 8.16. The summed E-state index contributed by atoms with van der Waals surface area (Å²) in [5, 5.41) is 0.0134. The third-order valence-corrected chi connectivity index (χ3v) is 6.15. The van der Waals surface area contributed by atoms with Crippen LogP contribution in [0, 0.1) is 0 Å². The zero-order valence-corrected chi connectivity index (χ0v) is 14.5. The zero-order chi connectivity index (χ0) is 14.9. The molecule has 1 saturated heterocycles. The van der Waals surface area contributed by atoms with Crippen molar-refractivity contribution in [2.75, 3.05) is 26.2 Å². The molecule has 1 aromatic heterocycles. The number of halogens is 2. The molecule has 0 bridgehead atoms. The maximum Gasteiger partial charge on any atom is 0.246 e. The lowest BCUT2D eigenvalue weighted by atomic mass is 10.3. The third kappa shape index (κ3) is 3.33. The van der Waals surface area contributed by atoms with Gasteiger partial charge in [0.05, 0.1) is 0 Å². The van der Waals surface area contributed by atoms with E-state index >= 15 is 0 Å². The average Bonchev–Trinajstić information content (AvgIpc) is 2.41. The zero-order valence-electron chi connectivity index (χ0n) is 11.4. The summed E-state index contributed by atoms with van der Waals surface area (Å²) < 4.78 is 27.3. The molecule has 1 fully saturated rings. The number of sulfonamides is 1. The topological polar surface area (TPSA) is 53.5 Å². The SMILES string of the molecule is CC(C)N1CCN(S(=O)(=O)c2cc(Br)cnc2Cl)CC1. The standard InChI is InChI=1S/C12H17BrClN3O2S/c1-9(2)16-3-5-17(6-4-16)20(18,19)11-7-10(13)8-15-12(11)14/h7-9H,3-6H2,1-2H3. The Labute approximate surface area is 133 Å². The van der Waals surface area contributed by atoms with Gasteiger partial charge in [0.1, 0.15) is 10.0 Å². The number of piperazine rings is 1. The Balaban J connectivity index is 2.22. The molecule has 0 spiro atoms. The van der Waals surface area contributed by atoms with Gasteiger partial charge in [-0.3, -0.25) is 4.90 Å². The first-order valence-electron chi connectivity index (χ1n) is 6.37. The third-order valence-electron chi connectivity index (χ3n) is 3.39. The van der Waals surface area contributed by atoms with Gasteiger partial charge < -0.3 is 0 Å². The predicted octanol–water partition coefficient (Wildman–Crippen LogP) is 2.21. The van der Waals surface area contributed by atoms with E-state index in [2.05, 4.69) is 39.7 Å². The second kappa shape index (κ2) is 6.27. The van der Waals surface area contributed by atoms with E-state index in [0.717, 1.165) is 13.1 Å². The van der Waals surface area contributed by atoms with Crippen LogP contribution in [-0.2, 0) is 10.0 Å². The van der Waals surface area contributed by atoms with Crippen molar-refractivity contribution < 1.29 is 8.42 Å². The highest BCUT2D eigenvalue weighted by Gasteiger charge is 2.31. The summed E-state index contributed by atoms with van der Waals surface area (Å²) in [4.78, 5) is 6.20. The van der Waals surface area contributed by atoms with Crippen LogP contribution < -0.4 is 0 Å². The predicted molar refractivity (Wildman–Crippen MR) is 82.4 cm³/mol. The minimum absolute atomic E-state index is 0.0134. The molecular formula is C12H17BrClN3O2S. The molecule has 0 N–H and O–H groups in total. The minimum Gasteiger partial charge on any atom is -0.298 e. The molecule has 0 aliphatic carbocycles. The molecular weight excluding hydrogens is 366 g/mol. The fourth-order valence-electron chi connectivity index (χ4n) is 2.18. The van der Waals surface area contributed by atoms with Crippen molar-refractivity contribution in [1.82, 2.24) is 14.2 Å². The van der Waals surface area contributed by atoms with E-state index in [1.54, 1.807) is 0 Å². The molecule has 0 unspecified atom stereocenters. The molecule has 1 aromatic rings. The summed E-state index contributed by atoms with van der Waals surface area (Å²) in [7, 11) is -3.58. The van der Waals surface area contributed by atoms with Crippen LogP contribution in [0.15, 0.2) is 21.6 Å². The molecule has 0 atom stereocenters. The van der Waals surface area contributed by atoms with Crippen molar-refractivity contribution in [3.63, 3.8) is 0 Å². The first-order valence-corrected chi connectivity index (χ1v) is 8.98. The Morgan fingerprint density at radius 2 is 1.90 bits per heavy atom. The lowest BCUT2D eigenvalue weighted by Gasteiger charge is -2.36. The molecule has 1 aliphatic rings. The van der Waals surface area contributed by atoms with Crippen molar-refractivity contribution in [3.05, 3.63) is 21.9 Å². The summed E-state index contributed by atoms with van der Waals surface area (Å²) in [6.45, 7) is 6.64. The number of nitrogens with zero attached hydrogens (tertiary/aromatic N) is 3. The Morgan fingerprint density at radius 1 is 1.30 bits per heavy atom. The molecule has 2 heterocycles. The van der Waals surface area contributed by atoms with E-state index in [1.165, 1.54) is 16.6 Å². The monoisotopic (exact) mass is 381 g/mol. The maximum atomic E-state index is 12.6. The smallest absolute Gasteiger partial charge is 0.246 e. The summed E-state index contributed by atoms with van der Waals surface area (Å²) in [6, 6.07) is 1.93. The van der Waals surface area contributed by atoms with E-state index in [9.17, 15) is 8.42 Å². The van der Waals surface area contributed by atoms with Gasteiger partial charge in [0.25, 0.3) is 0 Å². The van der Waals surface area contributed by atoms with E-state index in [4.69, 9.17) is 11.6 Å². The van der Waals surface area contributed by atoms with Crippen LogP contribution in [0.4, 0.5) is 0 Å². The van der Waals surface area contributed by atoms with Gasteiger partial charge in [0, 0.05) is 42.9 Å². The van der Waals surface area contributed by atoms with Gasteiger partial charge in [-0.05, 0) is 35.8 Å². The van der Waals surface area contributed by atoms with E-state index in [1.807, 2.05) is 0 Å². The number of aromatic nitrogens is 1. The van der Waals surface area contributed by atoms with E-state index in [0.29, 0.717) is 23.6 Å². The van der Waals surface area contributed by atoms with E-state index in [-0.39, 0.29) is 10.0 Å². The molecule has 2 rings (SSSR count). The lowest BCUT2D eigenvalue weighted by Crippen LogP contribution is -2.50. The second-order valence-electron chi connectivity index (χ2n) is 4.98. The van der Waals surface area contributed by atoms with Gasteiger partial charge in [-0.25, -0.2) is 13.4 Å². The molecule has 1 aliphatic heterocycles. The molecule has 112 valence electrons. The molecule has 5 nitrogen and oxygen atoms in total. The quantitative estimate of drug-likeness (QED) is 0.752. The highest BCUT2D eigenvalue weighted by molar-refractivity contribution is 9.10. The van der Waals surface area contributed by atoms with Gasteiger partial charge in [-0.2, -0.15) is 4.31 Å². The molecule has 0 amide bonds. The molecule has 0 radical (unpaired) electrons. The highest BCUT2D eigenvalue weighted by atomic mass is 79.9. The number of pyridine rings is 1. The van der Waals surface area contributed by atoms with Crippen LogP contribution in [-0.4, -0.2) is 54.8 Å². The van der Waals surface area contributed by atoms with Crippen LogP contribution in [0.1, 0.15) is 13.8 Å². The van der Waals surface area contributed by atoms with Gasteiger partial charge in [0.2, 0.25) is 10.0 Å². The van der Waals surface area contributed by atoms with Crippen LogP contribution in [0.3, 0.4) is 0 Å². The summed E-state index contributed by atoms with van der Waals surface area (Å²) >= 11 is 9.16. The summed E-state index contributed by atoms with van der Waals surface area (Å²) in [5.74, 6) is 0. The average molecular weight is 383 g/mol. The highest BCUT2D eigenvalue weighted by Crippen LogP contribution is 2.26. The first kappa shape index (κ1) is 16.2. The minimum atomic E-state index is -3.58. The number of rotatable bonds is 3. The fourth-order valence-corrected chi connectivity index (χ4v) is 4.53. The number of hydrogen-bond donors (Lipinski definition) is 0. The fraction of sp³-hybridized carbons (Fsp3) is 0.583. The van der Waals surface area contributed by atoms with Crippen LogP contribution in [0.5, 0.6) is 0 Å². The maximum absolute atomic E-state index is 12.6. The van der Waals surface area contributed by atoms with Crippen molar-refractivity contribution in [2.24, 2.45) is 0 Å². The Kier molecular flexibility index (Phi) is 5.07. The van der Waals surface area contributed by atoms with Crippen LogP contribution in [0.2, 0.25) is 5.15 Å². The molecule has 0 aromatic carbocycles. The Bertz CT molecular complexity index is 586. The van der Waals surface area contributed by atoms with Crippen molar-refractivity contribution in [1.29, 1.82) is 0 Å². The molecule has 20 heavy (non-hydrogen) atoms. The first-order chi connectivity index (χ1) is 9.32. The lowest BCUT2D eigenvalue weighted by molar-refractivity contribution is 0.154. The Morgan fingerprint density at radius 3 is 2.45 bits per heavy atom. The van der Waals surface area contributed by atoms with Crippen molar-refractivity contribution in [3.8, 4) is 0 Å². The van der Waals surface area contributed by atoms with Crippen LogP contribution >= 0.6 is 27.5 Å². The van der Waals surface area contributed by atoms with Gasteiger partial charge in [-0.15, -0.1) is 0 Å². The number of hydrogen-bond acceptors (Lipinski definition) is 4. The normalized spacial score (nSPS) is 18.6. The van der Waals surface area contributed by atoms with Gasteiger partial charge >= 0.3 is 0 Å². The molecule has 0 saturated carbocycles. The van der Waals surface area contributed by atoms with Gasteiger partial charge in [0.15, 0.2) is 0 Å². The van der Waals surface area contributed by atoms with Crippen LogP contribution in [0.25, 0.3) is 0 Å². The van der Waals surface area contributed by atoms with Crippen molar-refractivity contribution in [2.45, 2.75) is 24.8 Å². The van der Waals surface area contributed by atoms with Gasteiger partial charge in [-0.1, -0.05) is 11.6 Å². The Hall–Kier alpha value is -0.210.